The normalized spacial score (nSPS) is 19.7. The van der Waals surface area contributed by atoms with Crippen LogP contribution in [0, 0.1) is 5.82 Å². The Hall–Kier alpha value is -4.45. The zero-order chi connectivity index (χ0) is 34.1. The van der Waals surface area contributed by atoms with Gasteiger partial charge in [0.25, 0.3) is 0 Å². The molecule has 1 aromatic heterocycles. The predicted molar refractivity (Wildman–Crippen MR) is 161 cm³/mol. The first kappa shape index (κ1) is 33.9. The molecule has 0 spiro atoms. The number of halogens is 7. The SMILES string of the molecule is C/C(=C\C(=O)N1C[C@H](O[C@H](C)c2cc(C(F)(F)F)cc(C(F)(F)F)c2)C(c2ccc(F)cc2)C1C)c1cnn(Cc2ccccc2)c1. The lowest BCUT2D eigenvalue weighted by atomic mass is 9.90. The van der Waals surface area contributed by atoms with Crippen molar-refractivity contribution in [1.29, 1.82) is 0 Å². The van der Waals surface area contributed by atoms with E-state index in [0.717, 1.165) is 11.1 Å². The van der Waals surface area contributed by atoms with Gasteiger partial charge in [0.1, 0.15) is 5.82 Å². The highest BCUT2D eigenvalue weighted by atomic mass is 19.4. The number of likely N-dealkylation sites (tertiary alicyclic amines) is 1. The van der Waals surface area contributed by atoms with E-state index in [1.54, 1.807) is 24.7 Å². The number of hydrogen-bond donors (Lipinski definition) is 0. The van der Waals surface area contributed by atoms with E-state index in [1.165, 1.54) is 42.2 Å². The van der Waals surface area contributed by atoms with Gasteiger partial charge in [-0.2, -0.15) is 31.4 Å². The highest BCUT2D eigenvalue weighted by molar-refractivity contribution is 5.95. The Bertz CT molecular complexity index is 1700. The first-order valence-corrected chi connectivity index (χ1v) is 14.9. The second-order valence-electron chi connectivity index (χ2n) is 11.7. The van der Waals surface area contributed by atoms with Gasteiger partial charge < -0.3 is 9.64 Å². The van der Waals surface area contributed by atoms with Crippen molar-refractivity contribution in [3.63, 3.8) is 0 Å². The molecule has 0 N–H and O–H groups in total. The van der Waals surface area contributed by atoms with Crippen LogP contribution in [0.4, 0.5) is 30.7 Å². The van der Waals surface area contributed by atoms with Crippen LogP contribution >= 0.6 is 0 Å². The Balaban J connectivity index is 1.40. The Kier molecular flexibility index (Phi) is 9.63. The van der Waals surface area contributed by atoms with Gasteiger partial charge in [-0.05, 0) is 73.4 Å². The molecule has 5 nitrogen and oxygen atoms in total. The molecule has 0 radical (unpaired) electrons. The molecule has 5 rings (SSSR count). The summed E-state index contributed by atoms with van der Waals surface area (Å²) in [7, 11) is 0. The van der Waals surface area contributed by atoms with Crippen molar-refractivity contribution >= 4 is 11.5 Å². The summed E-state index contributed by atoms with van der Waals surface area (Å²) in [5, 5.41) is 4.39. The van der Waals surface area contributed by atoms with E-state index >= 15 is 0 Å². The van der Waals surface area contributed by atoms with E-state index in [0.29, 0.717) is 29.8 Å². The summed E-state index contributed by atoms with van der Waals surface area (Å²) in [6.45, 7) is 5.44. The van der Waals surface area contributed by atoms with E-state index in [4.69, 9.17) is 4.74 Å². The second kappa shape index (κ2) is 13.3. The molecule has 1 aliphatic rings. The molecule has 47 heavy (non-hydrogen) atoms. The number of amides is 1. The smallest absolute Gasteiger partial charge is 0.368 e. The third kappa shape index (κ3) is 7.93. The minimum Gasteiger partial charge on any atom is -0.368 e. The number of aromatic nitrogens is 2. The van der Waals surface area contributed by atoms with Gasteiger partial charge in [0, 0.05) is 36.3 Å². The zero-order valence-corrected chi connectivity index (χ0v) is 25.7. The number of nitrogens with zero attached hydrogens (tertiary/aromatic N) is 3. The molecule has 0 saturated carbocycles. The standard InChI is InChI=1S/C35H32F7N3O2/c1-21(27-17-43-44(19-27)18-24-7-5-4-6-8-24)13-32(46)45-20-31(33(22(45)2)25-9-11-30(36)12-10-25)47-23(3)26-14-28(34(37,38)39)16-29(15-26)35(40,41)42/h4-17,19,22-23,31,33H,18,20H2,1-3H3/b21-13+/t22?,23-,31+,33?/m1/s1. The fourth-order valence-electron chi connectivity index (χ4n) is 5.90. The zero-order valence-electron chi connectivity index (χ0n) is 25.7. The maximum absolute atomic E-state index is 13.8. The number of allylic oxidation sites excluding steroid dienone is 1. The minimum atomic E-state index is -5.01. The molecule has 1 saturated heterocycles. The molecule has 2 heterocycles. The molecule has 1 aliphatic heterocycles. The fourth-order valence-corrected chi connectivity index (χ4v) is 5.90. The lowest BCUT2D eigenvalue weighted by molar-refractivity contribution is -0.143. The van der Waals surface area contributed by atoms with Crippen LogP contribution < -0.4 is 0 Å². The first-order valence-electron chi connectivity index (χ1n) is 14.9. The monoisotopic (exact) mass is 659 g/mol. The molecule has 0 bridgehead atoms. The average molecular weight is 660 g/mol. The summed E-state index contributed by atoms with van der Waals surface area (Å²) in [5.74, 6) is -1.42. The van der Waals surface area contributed by atoms with Gasteiger partial charge in [-0.3, -0.25) is 9.48 Å². The quantitative estimate of drug-likeness (QED) is 0.141. The molecule has 3 aromatic carbocycles. The van der Waals surface area contributed by atoms with Crippen LogP contribution in [-0.2, 0) is 28.4 Å². The van der Waals surface area contributed by atoms with E-state index in [-0.39, 0.29) is 24.1 Å². The molecule has 12 heteroatoms. The van der Waals surface area contributed by atoms with E-state index in [2.05, 4.69) is 5.10 Å². The number of rotatable bonds is 8. The lowest BCUT2D eigenvalue weighted by Crippen LogP contribution is -2.34. The van der Waals surface area contributed by atoms with Crippen molar-refractivity contribution < 1.29 is 40.3 Å². The minimum absolute atomic E-state index is 0.00543. The largest absolute Gasteiger partial charge is 0.416 e. The maximum atomic E-state index is 13.8. The molecule has 4 atom stereocenters. The molecule has 248 valence electrons. The third-order valence-electron chi connectivity index (χ3n) is 8.40. The number of carbonyl (C=O) groups is 1. The van der Waals surface area contributed by atoms with Crippen molar-refractivity contribution in [2.75, 3.05) is 6.54 Å². The van der Waals surface area contributed by atoms with E-state index in [9.17, 15) is 35.5 Å². The molecule has 0 aliphatic carbocycles. The summed E-state index contributed by atoms with van der Waals surface area (Å²) in [6.07, 6.45) is -7.15. The van der Waals surface area contributed by atoms with Crippen molar-refractivity contribution in [3.8, 4) is 0 Å². The molecule has 4 aromatic rings. The summed E-state index contributed by atoms with van der Waals surface area (Å²) in [5.41, 5.74) is -0.184. The van der Waals surface area contributed by atoms with Gasteiger partial charge in [0.2, 0.25) is 5.91 Å². The maximum Gasteiger partial charge on any atom is 0.416 e. The van der Waals surface area contributed by atoms with Crippen LogP contribution in [0.5, 0.6) is 0 Å². The van der Waals surface area contributed by atoms with Crippen molar-refractivity contribution in [3.05, 3.63) is 130 Å². The average Bonchev–Trinajstić information content (AvgIpc) is 3.61. The van der Waals surface area contributed by atoms with Crippen LogP contribution in [0.1, 0.15) is 66.2 Å². The summed E-state index contributed by atoms with van der Waals surface area (Å²) >= 11 is 0. The molecular weight excluding hydrogens is 627 g/mol. The molecule has 2 unspecified atom stereocenters. The number of alkyl halides is 6. The number of ether oxygens (including phenoxy) is 1. The molecule has 1 fully saturated rings. The number of benzene rings is 3. The van der Waals surface area contributed by atoms with Crippen molar-refractivity contribution in [2.24, 2.45) is 0 Å². The van der Waals surface area contributed by atoms with Gasteiger partial charge in [0.05, 0.1) is 36.1 Å². The summed E-state index contributed by atoms with van der Waals surface area (Å²) in [6, 6.07) is 16.1. The van der Waals surface area contributed by atoms with Gasteiger partial charge in [-0.15, -0.1) is 0 Å². The summed E-state index contributed by atoms with van der Waals surface area (Å²) in [4.78, 5) is 15.2. The van der Waals surface area contributed by atoms with Crippen molar-refractivity contribution in [1.82, 2.24) is 14.7 Å². The van der Waals surface area contributed by atoms with E-state index < -0.39 is 53.5 Å². The highest BCUT2D eigenvalue weighted by Gasteiger charge is 2.44. The fraction of sp³-hybridized carbons (Fsp3) is 0.314. The Morgan fingerprint density at radius 2 is 1.60 bits per heavy atom. The van der Waals surface area contributed by atoms with Crippen LogP contribution in [0.3, 0.4) is 0 Å². The lowest BCUT2D eigenvalue weighted by Gasteiger charge is -2.27. The Morgan fingerprint density at radius 3 is 2.19 bits per heavy atom. The Labute approximate surface area is 267 Å². The van der Waals surface area contributed by atoms with Crippen LogP contribution in [0.15, 0.2) is 91.3 Å². The van der Waals surface area contributed by atoms with Crippen LogP contribution in [0.2, 0.25) is 0 Å². The van der Waals surface area contributed by atoms with Crippen molar-refractivity contribution in [2.45, 2.75) is 63.8 Å². The number of carbonyl (C=O) groups excluding carboxylic acids is 1. The van der Waals surface area contributed by atoms with E-state index in [1.807, 2.05) is 36.5 Å². The van der Waals surface area contributed by atoms with Crippen LogP contribution in [0.25, 0.3) is 5.57 Å². The molecule has 1 amide bonds. The van der Waals surface area contributed by atoms with Gasteiger partial charge in [0.15, 0.2) is 0 Å². The Morgan fingerprint density at radius 1 is 0.979 bits per heavy atom. The number of hydrogen-bond acceptors (Lipinski definition) is 3. The van der Waals surface area contributed by atoms with Gasteiger partial charge in [-0.1, -0.05) is 42.5 Å². The third-order valence-corrected chi connectivity index (χ3v) is 8.40. The molecular formula is C35H32F7N3O2. The highest BCUT2D eigenvalue weighted by Crippen LogP contribution is 2.41. The second-order valence-corrected chi connectivity index (χ2v) is 11.7. The topological polar surface area (TPSA) is 47.4 Å². The van der Waals surface area contributed by atoms with Gasteiger partial charge >= 0.3 is 12.4 Å². The predicted octanol–water partition coefficient (Wildman–Crippen LogP) is 8.67. The van der Waals surface area contributed by atoms with Crippen LogP contribution in [-0.4, -0.2) is 39.3 Å². The first-order chi connectivity index (χ1) is 22.1. The summed E-state index contributed by atoms with van der Waals surface area (Å²) < 4.78 is 103. The van der Waals surface area contributed by atoms with Gasteiger partial charge in [-0.25, -0.2) is 4.39 Å².